The molecule has 12 heteroatoms. The number of fused-ring (bicyclic) bond motifs is 1. The highest BCUT2D eigenvalue weighted by Gasteiger charge is 2.39. The highest BCUT2D eigenvalue weighted by molar-refractivity contribution is 7.92. The Morgan fingerprint density at radius 1 is 1.10 bits per heavy atom. The average molecular weight is 574 g/mol. The van der Waals surface area contributed by atoms with Gasteiger partial charge in [-0.1, -0.05) is 0 Å². The van der Waals surface area contributed by atoms with E-state index in [1.54, 1.807) is 13.2 Å². The van der Waals surface area contributed by atoms with E-state index in [1.807, 2.05) is 6.92 Å². The number of sulfonamides is 1. The van der Waals surface area contributed by atoms with E-state index in [9.17, 15) is 26.8 Å². The molecule has 1 fully saturated rings. The van der Waals surface area contributed by atoms with Crippen LogP contribution >= 0.6 is 11.3 Å². The number of aromatic nitrogens is 1. The van der Waals surface area contributed by atoms with Crippen LogP contribution in [0.5, 0.6) is 11.5 Å². The first-order valence-electron chi connectivity index (χ1n) is 12.1. The summed E-state index contributed by atoms with van der Waals surface area (Å²) in [6.07, 6.45) is 3.29. The van der Waals surface area contributed by atoms with Gasteiger partial charge in [0.2, 0.25) is 10.0 Å². The molecule has 2 heterocycles. The van der Waals surface area contributed by atoms with Gasteiger partial charge in [0, 0.05) is 41.7 Å². The van der Waals surface area contributed by atoms with Crippen LogP contribution in [-0.4, -0.2) is 30.2 Å². The van der Waals surface area contributed by atoms with Crippen LogP contribution in [0.1, 0.15) is 36.4 Å². The summed E-state index contributed by atoms with van der Waals surface area (Å²) in [5.74, 6) is -2.26. The van der Waals surface area contributed by atoms with Crippen molar-refractivity contribution >= 4 is 43.0 Å². The number of nitrogens with one attached hydrogen (secondary N) is 2. The number of thiophene rings is 1. The minimum atomic E-state index is -3.63. The van der Waals surface area contributed by atoms with E-state index >= 15 is 0 Å². The van der Waals surface area contributed by atoms with Crippen molar-refractivity contribution in [2.45, 2.75) is 32.2 Å². The van der Waals surface area contributed by atoms with E-state index in [1.165, 1.54) is 35.8 Å². The Hall–Kier alpha value is -3.77. The third kappa shape index (κ3) is 5.52. The van der Waals surface area contributed by atoms with E-state index < -0.39 is 21.7 Å². The molecule has 5 rings (SSSR count). The van der Waals surface area contributed by atoms with Crippen LogP contribution in [0.25, 0.3) is 21.2 Å². The molecule has 0 spiro atoms. The SMILES string of the molecule is CCS(=O)(=O)Nc1ccc(Oc2ccc(F)cc2F)c(-c2cn(C)c(=O)c3cc(C(=O)NC4(C)CC4)sc23)c1. The number of halogens is 2. The molecule has 1 amide bonds. The van der Waals surface area contributed by atoms with Crippen LogP contribution in [0, 0.1) is 11.6 Å². The molecule has 2 aromatic carbocycles. The fraction of sp³-hybridized carbons (Fsp3) is 0.259. The highest BCUT2D eigenvalue weighted by atomic mass is 32.2. The molecule has 0 bridgehead atoms. The zero-order valence-corrected chi connectivity index (χ0v) is 22.9. The summed E-state index contributed by atoms with van der Waals surface area (Å²) in [5, 5.41) is 3.28. The van der Waals surface area contributed by atoms with Gasteiger partial charge >= 0.3 is 0 Å². The summed E-state index contributed by atoms with van der Waals surface area (Å²) in [5.41, 5.74) is 0.433. The van der Waals surface area contributed by atoms with E-state index in [4.69, 9.17) is 4.74 Å². The molecular weight excluding hydrogens is 548 g/mol. The van der Waals surface area contributed by atoms with E-state index in [0.717, 1.165) is 36.3 Å². The Bertz CT molecular complexity index is 1790. The molecule has 0 radical (unpaired) electrons. The van der Waals surface area contributed by atoms with Crippen LogP contribution in [-0.2, 0) is 17.1 Å². The second-order valence-electron chi connectivity index (χ2n) is 9.72. The molecule has 1 saturated carbocycles. The van der Waals surface area contributed by atoms with Gasteiger partial charge in [-0.05, 0) is 63.1 Å². The third-order valence-corrected chi connectivity index (χ3v) is 9.00. The Balaban J connectivity index is 1.69. The number of aryl methyl sites for hydroxylation is 1. The first-order valence-corrected chi connectivity index (χ1v) is 14.6. The number of hydrogen-bond donors (Lipinski definition) is 2. The van der Waals surface area contributed by atoms with Crippen LogP contribution in [0.4, 0.5) is 14.5 Å². The van der Waals surface area contributed by atoms with Gasteiger partial charge in [-0.25, -0.2) is 17.2 Å². The first-order chi connectivity index (χ1) is 18.4. The molecule has 204 valence electrons. The van der Waals surface area contributed by atoms with Gasteiger partial charge in [0.05, 0.1) is 20.7 Å². The lowest BCUT2D eigenvalue weighted by molar-refractivity contribution is 0.0939. The molecule has 0 saturated heterocycles. The molecule has 2 N–H and O–H groups in total. The van der Waals surface area contributed by atoms with Crippen molar-refractivity contribution in [1.82, 2.24) is 9.88 Å². The van der Waals surface area contributed by atoms with Gasteiger partial charge in [-0.3, -0.25) is 14.3 Å². The summed E-state index contributed by atoms with van der Waals surface area (Å²) < 4.78 is 62.6. The number of ether oxygens (including phenoxy) is 1. The monoisotopic (exact) mass is 573 g/mol. The van der Waals surface area contributed by atoms with Crippen molar-refractivity contribution in [2.24, 2.45) is 7.05 Å². The number of hydrogen-bond acceptors (Lipinski definition) is 6. The number of pyridine rings is 1. The normalized spacial score (nSPS) is 14.3. The standard InChI is InChI=1S/C27H25F2N3O5S2/c1-4-39(35,36)31-16-6-8-21(37-22-7-5-15(28)11-20(22)29)17(12-16)19-14-32(3)26(34)18-13-23(38-24(18)19)25(33)30-27(2)9-10-27/h5-8,11-14,31H,4,9-10H2,1-3H3,(H,30,33). The molecule has 1 aliphatic carbocycles. The smallest absolute Gasteiger partial charge is 0.261 e. The molecule has 39 heavy (non-hydrogen) atoms. The molecule has 2 aromatic heterocycles. The minimum absolute atomic E-state index is 0.129. The number of amides is 1. The second kappa shape index (κ2) is 9.76. The number of anilines is 1. The number of carbonyl (C=O) groups is 1. The maximum Gasteiger partial charge on any atom is 0.261 e. The van der Waals surface area contributed by atoms with Gasteiger partial charge in [0.25, 0.3) is 11.5 Å². The molecular formula is C27H25F2N3O5S2. The first kappa shape index (κ1) is 26.8. The minimum Gasteiger partial charge on any atom is -0.454 e. The number of benzene rings is 2. The van der Waals surface area contributed by atoms with Crippen molar-refractivity contribution < 1.29 is 26.7 Å². The van der Waals surface area contributed by atoms with Crippen molar-refractivity contribution in [2.75, 3.05) is 10.5 Å². The van der Waals surface area contributed by atoms with Crippen molar-refractivity contribution in [3.63, 3.8) is 0 Å². The van der Waals surface area contributed by atoms with Gasteiger partial charge in [0.15, 0.2) is 11.6 Å². The zero-order chi connectivity index (χ0) is 28.1. The highest BCUT2D eigenvalue weighted by Crippen LogP contribution is 2.42. The summed E-state index contributed by atoms with van der Waals surface area (Å²) in [6.45, 7) is 3.44. The number of carbonyl (C=O) groups excluding carboxylic acids is 1. The van der Waals surface area contributed by atoms with Crippen molar-refractivity contribution in [1.29, 1.82) is 0 Å². The summed E-state index contributed by atoms with van der Waals surface area (Å²) in [6, 6.07) is 8.84. The van der Waals surface area contributed by atoms with Crippen LogP contribution in [0.3, 0.4) is 0 Å². The van der Waals surface area contributed by atoms with Gasteiger partial charge in [0.1, 0.15) is 11.6 Å². The van der Waals surface area contributed by atoms with Crippen LogP contribution in [0.15, 0.2) is 53.5 Å². The molecule has 0 atom stereocenters. The summed E-state index contributed by atoms with van der Waals surface area (Å²) in [7, 11) is -2.08. The second-order valence-corrected chi connectivity index (χ2v) is 12.8. The number of rotatable bonds is 8. The number of nitrogens with zero attached hydrogens (tertiary/aromatic N) is 1. The lowest BCUT2D eigenvalue weighted by Gasteiger charge is -2.16. The molecule has 8 nitrogen and oxygen atoms in total. The molecule has 0 aliphatic heterocycles. The zero-order valence-electron chi connectivity index (χ0n) is 21.3. The Kier molecular flexibility index (Phi) is 6.71. The fourth-order valence-electron chi connectivity index (χ4n) is 4.02. The quantitative estimate of drug-likeness (QED) is 0.294. The Morgan fingerprint density at radius 2 is 1.82 bits per heavy atom. The van der Waals surface area contributed by atoms with Gasteiger partial charge < -0.3 is 14.6 Å². The van der Waals surface area contributed by atoms with Crippen LogP contribution < -0.4 is 20.3 Å². The lowest BCUT2D eigenvalue weighted by atomic mass is 10.0. The molecule has 0 unspecified atom stereocenters. The lowest BCUT2D eigenvalue weighted by Crippen LogP contribution is -2.33. The van der Waals surface area contributed by atoms with Crippen molar-refractivity contribution in [3.05, 3.63) is 75.5 Å². The van der Waals surface area contributed by atoms with Crippen molar-refractivity contribution in [3.8, 4) is 22.6 Å². The third-order valence-electron chi connectivity index (χ3n) is 6.53. The van der Waals surface area contributed by atoms with Crippen LogP contribution in [0.2, 0.25) is 0 Å². The fourth-order valence-corrected chi connectivity index (χ4v) is 5.72. The summed E-state index contributed by atoms with van der Waals surface area (Å²) >= 11 is 1.12. The maximum absolute atomic E-state index is 14.5. The molecule has 4 aromatic rings. The average Bonchev–Trinajstić information content (AvgIpc) is 3.42. The van der Waals surface area contributed by atoms with E-state index in [-0.39, 0.29) is 39.9 Å². The summed E-state index contributed by atoms with van der Waals surface area (Å²) in [4.78, 5) is 26.3. The maximum atomic E-state index is 14.5. The predicted octanol–water partition coefficient (Wildman–Crippen LogP) is 5.38. The van der Waals surface area contributed by atoms with Gasteiger partial charge in [-0.15, -0.1) is 11.3 Å². The Morgan fingerprint density at radius 3 is 2.49 bits per heavy atom. The largest absolute Gasteiger partial charge is 0.454 e. The topological polar surface area (TPSA) is 106 Å². The predicted molar refractivity (Wildman–Crippen MR) is 147 cm³/mol. The van der Waals surface area contributed by atoms with E-state index in [2.05, 4.69) is 10.0 Å². The Labute approximate surface area is 227 Å². The molecule has 1 aliphatic rings. The van der Waals surface area contributed by atoms with E-state index in [0.29, 0.717) is 32.2 Å². The van der Waals surface area contributed by atoms with Gasteiger partial charge in [-0.2, -0.15) is 0 Å².